The Labute approximate surface area is 80.5 Å². The van der Waals surface area contributed by atoms with E-state index >= 15 is 0 Å². The van der Waals surface area contributed by atoms with Crippen molar-refractivity contribution in [2.45, 2.75) is 11.8 Å². The molecule has 1 heterocycles. The number of aromatic nitrogens is 1. The zero-order valence-corrected chi connectivity index (χ0v) is 7.97. The van der Waals surface area contributed by atoms with Gasteiger partial charge in [-0.3, -0.25) is 0 Å². The van der Waals surface area contributed by atoms with Crippen LogP contribution in [-0.4, -0.2) is 16.1 Å². The highest BCUT2D eigenvalue weighted by Gasteiger charge is 2.10. The van der Waals surface area contributed by atoms with Crippen LogP contribution in [0, 0.1) is 0 Å². The summed E-state index contributed by atoms with van der Waals surface area (Å²) in [5.41, 5.74) is 0.0792. The van der Waals surface area contributed by atoms with Crippen LogP contribution in [0.4, 0.5) is 0 Å². The molecule has 4 heteroatoms. The fourth-order valence-corrected chi connectivity index (χ4v) is 1.58. The average molecular weight is 195 g/mol. The summed E-state index contributed by atoms with van der Waals surface area (Å²) in [6.07, 6.45) is 1.46. The van der Waals surface area contributed by atoms with Gasteiger partial charge in [-0.05, 0) is 24.0 Å². The number of pyridine rings is 1. The SMILES string of the molecule is C=C(C)Sc1cccnc1C(=O)O. The molecule has 0 aliphatic rings. The maximum absolute atomic E-state index is 10.7. The summed E-state index contributed by atoms with van der Waals surface area (Å²) >= 11 is 1.32. The highest BCUT2D eigenvalue weighted by Crippen LogP contribution is 2.26. The van der Waals surface area contributed by atoms with Crippen LogP contribution in [0.2, 0.25) is 0 Å². The molecule has 0 aliphatic carbocycles. The molecule has 0 aliphatic heterocycles. The van der Waals surface area contributed by atoms with E-state index in [0.29, 0.717) is 4.90 Å². The minimum absolute atomic E-state index is 0.0792. The lowest BCUT2D eigenvalue weighted by Crippen LogP contribution is -2.01. The third-order valence-corrected chi connectivity index (χ3v) is 2.16. The lowest BCUT2D eigenvalue weighted by molar-refractivity contribution is 0.0686. The standard InChI is InChI=1S/C9H9NO2S/c1-6(2)13-7-4-3-5-10-8(7)9(11)12/h3-5H,1H2,2H3,(H,11,12). The summed E-state index contributed by atoms with van der Waals surface area (Å²) in [5, 5.41) is 8.77. The first kappa shape index (κ1) is 9.80. The summed E-state index contributed by atoms with van der Waals surface area (Å²) in [4.78, 5) is 15.9. The van der Waals surface area contributed by atoms with Gasteiger partial charge in [0.25, 0.3) is 0 Å². The summed E-state index contributed by atoms with van der Waals surface area (Å²) in [6.45, 7) is 5.52. The molecule has 0 bridgehead atoms. The maximum atomic E-state index is 10.7. The number of carbonyl (C=O) groups is 1. The molecule has 1 N–H and O–H groups in total. The normalized spacial score (nSPS) is 9.62. The van der Waals surface area contributed by atoms with Crippen molar-refractivity contribution < 1.29 is 9.90 Å². The molecule has 0 saturated carbocycles. The molecule has 0 spiro atoms. The largest absolute Gasteiger partial charge is 0.476 e. The van der Waals surface area contributed by atoms with Crippen molar-refractivity contribution in [3.05, 3.63) is 35.5 Å². The predicted molar refractivity (Wildman–Crippen MR) is 51.9 cm³/mol. The van der Waals surface area contributed by atoms with Crippen LogP contribution in [0.15, 0.2) is 34.7 Å². The molecule has 1 aromatic heterocycles. The quantitative estimate of drug-likeness (QED) is 0.752. The van der Waals surface area contributed by atoms with Gasteiger partial charge >= 0.3 is 5.97 Å². The van der Waals surface area contributed by atoms with Crippen molar-refractivity contribution in [1.82, 2.24) is 4.98 Å². The van der Waals surface area contributed by atoms with Crippen LogP contribution in [-0.2, 0) is 0 Å². The van der Waals surface area contributed by atoms with Crippen molar-refractivity contribution in [3.8, 4) is 0 Å². The third kappa shape index (κ3) is 2.59. The van der Waals surface area contributed by atoms with E-state index in [9.17, 15) is 4.79 Å². The van der Waals surface area contributed by atoms with E-state index < -0.39 is 5.97 Å². The number of aromatic carboxylic acids is 1. The molecule has 0 saturated heterocycles. The summed E-state index contributed by atoms with van der Waals surface area (Å²) in [6, 6.07) is 3.42. The number of thioether (sulfide) groups is 1. The van der Waals surface area contributed by atoms with Gasteiger partial charge in [0.15, 0.2) is 5.69 Å². The zero-order valence-electron chi connectivity index (χ0n) is 7.15. The van der Waals surface area contributed by atoms with Crippen molar-refractivity contribution in [3.63, 3.8) is 0 Å². The van der Waals surface area contributed by atoms with E-state index in [2.05, 4.69) is 11.6 Å². The first-order valence-electron chi connectivity index (χ1n) is 3.63. The molecule has 1 rings (SSSR count). The van der Waals surface area contributed by atoms with Crippen LogP contribution >= 0.6 is 11.8 Å². The third-order valence-electron chi connectivity index (χ3n) is 1.26. The van der Waals surface area contributed by atoms with Crippen molar-refractivity contribution >= 4 is 17.7 Å². The Morgan fingerprint density at radius 3 is 2.92 bits per heavy atom. The maximum Gasteiger partial charge on any atom is 0.355 e. The van der Waals surface area contributed by atoms with Gasteiger partial charge in [-0.2, -0.15) is 0 Å². The number of hydrogen-bond acceptors (Lipinski definition) is 3. The van der Waals surface area contributed by atoms with Gasteiger partial charge in [0.05, 0.1) is 0 Å². The number of hydrogen-bond donors (Lipinski definition) is 1. The van der Waals surface area contributed by atoms with Gasteiger partial charge in [0.2, 0.25) is 0 Å². The van der Waals surface area contributed by atoms with Gasteiger partial charge in [-0.25, -0.2) is 9.78 Å². The first-order valence-corrected chi connectivity index (χ1v) is 4.44. The van der Waals surface area contributed by atoms with E-state index in [1.54, 1.807) is 12.1 Å². The van der Waals surface area contributed by atoms with Gasteiger partial charge in [0.1, 0.15) is 0 Å². The first-order chi connectivity index (χ1) is 6.11. The number of carboxylic acids is 1. The van der Waals surface area contributed by atoms with Gasteiger partial charge in [-0.1, -0.05) is 18.3 Å². The number of carboxylic acid groups (broad SMARTS) is 1. The second-order valence-electron chi connectivity index (χ2n) is 2.46. The molecular formula is C9H9NO2S. The lowest BCUT2D eigenvalue weighted by atomic mass is 10.3. The zero-order chi connectivity index (χ0) is 9.84. The van der Waals surface area contributed by atoms with Gasteiger partial charge in [-0.15, -0.1) is 0 Å². The monoisotopic (exact) mass is 195 g/mol. The molecule has 0 unspecified atom stereocenters. The second kappa shape index (κ2) is 4.09. The van der Waals surface area contributed by atoms with Gasteiger partial charge < -0.3 is 5.11 Å². The summed E-state index contributed by atoms with van der Waals surface area (Å²) in [5.74, 6) is -1.01. The molecule has 0 aromatic carbocycles. The Morgan fingerprint density at radius 2 is 2.38 bits per heavy atom. The van der Waals surface area contributed by atoms with E-state index in [1.807, 2.05) is 6.92 Å². The Morgan fingerprint density at radius 1 is 1.69 bits per heavy atom. The minimum Gasteiger partial charge on any atom is -0.476 e. The fourth-order valence-electron chi connectivity index (χ4n) is 0.821. The van der Waals surface area contributed by atoms with Crippen LogP contribution in [0.3, 0.4) is 0 Å². The van der Waals surface area contributed by atoms with Crippen LogP contribution < -0.4 is 0 Å². The van der Waals surface area contributed by atoms with Crippen molar-refractivity contribution in [2.75, 3.05) is 0 Å². The van der Waals surface area contributed by atoms with Gasteiger partial charge in [0, 0.05) is 11.1 Å². The molecule has 13 heavy (non-hydrogen) atoms. The molecule has 1 aromatic rings. The fraction of sp³-hybridized carbons (Fsp3) is 0.111. The van der Waals surface area contributed by atoms with Crippen molar-refractivity contribution in [2.24, 2.45) is 0 Å². The Bertz CT molecular complexity index is 349. The second-order valence-corrected chi connectivity index (χ2v) is 3.80. The smallest absolute Gasteiger partial charge is 0.355 e. The molecule has 0 radical (unpaired) electrons. The highest BCUT2D eigenvalue weighted by molar-refractivity contribution is 8.03. The Kier molecular flexibility index (Phi) is 3.08. The summed E-state index contributed by atoms with van der Waals surface area (Å²) < 4.78 is 0. The Hall–Kier alpha value is -1.29. The molecule has 0 atom stereocenters. The molecule has 0 amide bonds. The lowest BCUT2D eigenvalue weighted by Gasteiger charge is -2.02. The van der Waals surface area contributed by atoms with E-state index in [-0.39, 0.29) is 5.69 Å². The molecule has 68 valence electrons. The van der Waals surface area contributed by atoms with E-state index in [1.165, 1.54) is 18.0 Å². The number of rotatable bonds is 3. The highest BCUT2D eigenvalue weighted by atomic mass is 32.2. The Balaban J connectivity index is 3.04. The number of allylic oxidation sites excluding steroid dienone is 1. The number of nitrogens with zero attached hydrogens (tertiary/aromatic N) is 1. The molecule has 3 nitrogen and oxygen atoms in total. The van der Waals surface area contributed by atoms with Crippen LogP contribution in [0.1, 0.15) is 17.4 Å². The van der Waals surface area contributed by atoms with E-state index in [4.69, 9.17) is 5.11 Å². The predicted octanol–water partition coefficient (Wildman–Crippen LogP) is 2.41. The summed E-state index contributed by atoms with van der Waals surface area (Å²) in [7, 11) is 0. The van der Waals surface area contributed by atoms with E-state index in [0.717, 1.165) is 4.91 Å². The average Bonchev–Trinajstić information content (AvgIpc) is 2.03. The van der Waals surface area contributed by atoms with Crippen LogP contribution in [0.5, 0.6) is 0 Å². The molecule has 0 fully saturated rings. The van der Waals surface area contributed by atoms with Crippen LogP contribution in [0.25, 0.3) is 0 Å². The molecular weight excluding hydrogens is 186 g/mol. The van der Waals surface area contributed by atoms with Crippen molar-refractivity contribution in [1.29, 1.82) is 0 Å². The minimum atomic E-state index is -1.01. The topological polar surface area (TPSA) is 50.2 Å².